The van der Waals surface area contributed by atoms with Gasteiger partial charge in [0.05, 0.1) is 23.7 Å². The summed E-state index contributed by atoms with van der Waals surface area (Å²) in [6.07, 6.45) is 1.68. The summed E-state index contributed by atoms with van der Waals surface area (Å²) in [4.78, 5) is 27.8. The molecular weight excluding hydrogens is 494 g/mol. The normalized spacial score (nSPS) is 22.7. The van der Waals surface area contributed by atoms with E-state index in [-0.39, 0.29) is 23.7 Å². The summed E-state index contributed by atoms with van der Waals surface area (Å²) in [5.41, 5.74) is 8.71. The van der Waals surface area contributed by atoms with E-state index in [1.165, 1.54) is 10.8 Å². The Morgan fingerprint density at radius 2 is 1.20 bits per heavy atom. The Morgan fingerprint density at radius 3 is 1.80 bits per heavy atom. The van der Waals surface area contributed by atoms with E-state index in [1.54, 1.807) is 6.21 Å². The Morgan fingerprint density at radius 1 is 0.675 bits per heavy atom. The minimum absolute atomic E-state index is 0.129. The Labute approximate surface area is 232 Å². The zero-order chi connectivity index (χ0) is 27.1. The van der Waals surface area contributed by atoms with Crippen LogP contribution in [-0.4, -0.2) is 27.6 Å². The highest BCUT2D eigenvalue weighted by atomic mass is 16.2. The molecule has 0 spiro atoms. The summed E-state index contributed by atoms with van der Waals surface area (Å²) in [6, 6.07) is 33.3. The molecule has 0 N–H and O–H groups in total. The molecule has 2 atom stereocenters. The SMILES string of the molecule is Cc1cc(/C=N\N2C(=O)[C@@H]3C4c5ccccc5C(c5ccccc54)[C@H]3C2=O)c(C)n1-c1cccc2ccccc12. The van der Waals surface area contributed by atoms with Gasteiger partial charge >= 0.3 is 0 Å². The van der Waals surface area contributed by atoms with Crippen LogP contribution in [0, 0.1) is 25.7 Å². The number of hydrogen-bond acceptors (Lipinski definition) is 3. The van der Waals surface area contributed by atoms with Crippen molar-refractivity contribution in [1.82, 2.24) is 9.58 Å². The van der Waals surface area contributed by atoms with Crippen molar-refractivity contribution in [2.75, 3.05) is 0 Å². The van der Waals surface area contributed by atoms with Crippen LogP contribution in [0.5, 0.6) is 0 Å². The molecule has 5 aromatic rings. The van der Waals surface area contributed by atoms with Crippen LogP contribution in [0.4, 0.5) is 0 Å². The lowest BCUT2D eigenvalue weighted by molar-refractivity contribution is -0.139. The second kappa shape index (κ2) is 8.36. The second-order valence-electron chi connectivity index (χ2n) is 11.2. The van der Waals surface area contributed by atoms with E-state index in [2.05, 4.69) is 90.2 Å². The summed E-state index contributed by atoms with van der Waals surface area (Å²) in [5.74, 6) is -1.52. The highest BCUT2D eigenvalue weighted by molar-refractivity contribution is 6.08. The molecule has 194 valence electrons. The molecule has 9 rings (SSSR count). The number of hydrazone groups is 1. The lowest BCUT2D eigenvalue weighted by atomic mass is 9.55. The molecule has 4 aromatic carbocycles. The van der Waals surface area contributed by atoms with Gasteiger partial charge in [0, 0.05) is 34.2 Å². The number of hydrogen-bond donors (Lipinski definition) is 0. The van der Waals surface area contributed by atoms with E-state index in [4.69, 9.17) is 0 Å². The minimum atomic E-state index is -0.428. The molecule has 1 aromatic heterocycles. The predicted octanol–water partition coefficient (Wildman–Crippen LogP) is 6.47. The molecule has 2 bridgehead atoms. The largest absolute Gasteiger partial charge is 0.317 e. The van der Waals surface area contributed by atoms with E-state index in [0.717, 1.165) is 49.9 Å². The minimum Gasteiger partial charge on any atom is -0.317 e. The van der Waals surface area contributed by atoms with Crippen molar-refractivity contribution >= 4 is 28.8 Å². The van der Waals surface area contributed by atoms with Gasteiger partial charge in [0.25, 0.3) is 11.8 Å². The van der Waals surface area contributed by atoms with Gasteiger partial charge in [-0.15, -0.1) is 0 Å². The van der Waals surface area contributed by atoms with Crippen molar-refractivity contribution in [3.8, 4) is 5.69 Å². The maximum Gasteiger partial charge on any atom is 0.254 e. The first kappa shape index (κ1) is 23.1. The first-order valence-corrected chi connectivity index (χ1v) is 13.8. The van der Waals surface area contributed by atoms with Gasteiger partial charge in [-0.3, -0.25) is 9.59 Å². The lowest BCUT2D eigenvalue weighted by Crippen LogP contribution is -2.41. The summed E-state index contributed by atoms with van der Waals surface area (Å²) >= 11 is 0. The van der Waals surface area contributed by atoms with Crippen LogP contribution in [0.15, 0.2) is 102 Å². The number of rotatable bonds is 3. The highest BCUT2D eigenvalue weighted by Gasteiger charge is 2.61. The molecule has 3 aliphatic carbocycles. The highest BCUT2D eigenvalue weighted by Crippen LogP contribution is 2.60. The fraction of sp³-hybridized carbons (Fsp3) is 0.171. The number of fused-ring (bicyclic) bond motifs is 1. The number of benzene rings is 4. The van der Waals surface area contributed by atoms with Crippen molar-refractivity contribution in [2.45, 2.75) is 25.7 Å². The van der Waals surface area contributed by atoms with Gasteiger partial charge in [-0.1, -0.05) is 84.9 Å². The Kier molecular flexibility index (Phi) is 4.84. The van der Waals surface area contributed by atoms with Gasteiger partial charge in [-0.25, -0.2) is 0 Å². The number of carbonyl (C=O) groups excluding carboxylic acids is 2. The molecule has 0 radical (unpaired) electrons. The lowest BCUT2D eigenvalue weighted by Gasteiger charge is -2.45. The van der Waals surface area contributed by atoms with Crippen molar-refractivity contribution in [2.24, 2.45) is 16.9 Å². The average molecular weight is 522 g/mol. The molecule has 4 aliphatic rings. The van der Waals surface area contributed by atoms with E-state index in [9.17, 15) is 9.59 Å². The number of aryl methyl sites for hydroxylation is 1. The first-order valence-electron chi connectivity index (χ1n) is 13.8. The molecule has 5 nitrogen and oxygen atoms in total. The van der Waals surface area contributed by atoms with Crippen molar-refractivity contribution in [1.29, 1.82) is 0 Å². The molecule has 1 aliphatic heterocycles. The van der Waals surface area contributed by atoms with Crippen molar-refractivity contribution in [3.63, 3.8) is 0 Å². The summed E-state index contributed by atoms with van der Waals surface area (Å²) in [5, 5.41) is 8.06. The van der Waals surface area contributed by atoms with E-state index >= 15 is 0 Å². The number of imide groups is 1. The van der Waals surface area contributed by atoms with Crippen LogP contribution in [0.25, 0.3) is 16.5 Å². The third kappa shape index (κ3) is 3.00. The van der Waals surface area contributed by atoms with Crippen molar-refractivity contribution < 1.29 is 9.59 Å². The van der Waals surface area contributed by atoms with Crippen LogP contribution in [0.3, 0.4) is 0 Å². The second-order valence-corrected chi connectivity index (χ2v) is 11.2. The maximum atomic E-state index is 13.9. The standard InChI is InChI=1S/C35H27N3O2/c1-20-18-23(21(2)37(20)29-17-9-11-22-10-3-4-12-24(22)29)19-36-38-34(39)32-30-25-13-5-6-14-26(25)31(33(32)35(38)40)28-16-8-7-15-27(28)30/h3-19,30-33H,1-2H3/b36-19-/t30?,31?,32-,33-/m1/s1. The summed E-state index contributed by atoms with van der Waals surface area (Å²) in [6.45, 7) is 4.12. The Hall–Kier alpha value is -4.77. The fourth-order valence-corrected chi connectivity index (χ4v) is 7.59. The van der Waals surface area contributed by atoms with Gasteiger partial charge in [-0.2, -0.15) is 10.1 Å². The monoisotopic (exact) mass is 521 g/mol. The van der Waals surface area contributed by atoms with Crippen molar-refractivity contribution in [3.05, 3.63) is 136 Å². The van der Waals surface area contributed by atoms with Crippen LogP contribution in [-0.2, 0) is 9.59 Å². The van der Waals surface area contributed by atoms with E-state index in [1.807, 2.05) is 30.3 Å². The molecule has 40 heavy (non-hydrogen) atoms. The molecule has 1 saturated heterocycles. The van der Waals surface area contributed by atoms with Crippen LogP contribution in [0.2, 0.25) is 0 Å². The molecule has 5 heteroatoms. The summed E-state index contributed by atoms with van der Waals surface area (Å²) < 4.78 is 2.21. The van der Waals surface area contributed by atoms with Crippen LogP contribution >= 0.6 is 0 Å². The zero-order valence-electron chi connectivity index (χ0n) is 22.3. The van der Waals surface area contributed by atoms with Gasteiger partial charge in [-0.05, 0) is 53.6 Å². The Balaban J connectivity index is 1.18. The smallest absolute Gasteiger partial charge is 0.254 e. The van der Waals surface area contributed by atoms with Crippen LogP contribution in [0.1, 0.15) is 51.0 Å². The molecule has 2 amide bonds. The topological polar surface area (TPSA) is 54.7 Å². The molecular formula is C35H27N3O2. The molecule has 0 unspecified atom stereocenters. The van der Waals surface area contributed by atoms with Gasteiger partial charge in [0.1, 0.15) is 0 Å². The van der Waals surface area contributed by atoms with Gasteiger partial charge in [0.15, 0.2) is 0 Å². The Bertz CT molecular complexity index is 1790. The van der Waals surface area contributed by atoms with Gasteiger partial charge < -0.3 is 4.57 Å². The first-order chi connectivity index (χ1) is 19.5. The number of nitrogens with zero attached hydrogens (tertiary/aromatic N) is 3. The molecule has 1 fully saturated rings. The van der Waals surface area contributed by atoms with E-state index < -0.39 is 11.8 Å². The number of carbonyl (C=O) groups is 2. The molecule has 2 heterocycles. The number of aromatic nitrogens is 1. The third-order valence-corrected chi connectivity index (χ3v) is 9.22. The third-order valence-electron chi connectivity index (χ3n) is 9.22. The quantitative estimate of drug-likeness (QED) is 0.202. The zero-order valence-corrected chi connectivity index (χ0v) is 22.3. The fourth-order valence-electron chi connectivity index (χ4n) is 7.59. The molecule has 0 saturated carbocycles. The summed E-state index contributed by atoms with van der Waals surface area (Å²) in [7, 11) is 0. The predicted molar refractivity (Wildman–Crippen MR) is 156 cm³/mol. The maximum absolute atomic E-state index is 13.9. The van der Waals surface area contributed by atoms with E-state index in [0.29, 0.717) is 0 Å². The average Bonchev–Trinajstić information content (AvgIpc) is 3.42. The number of amides is 2. The van der Waals surface area contributed by atoms with Crippen LogP contribution < -0.4 is 0 Å². The van der Waals surface area contributed by atoms with Gasteiger partial charge in [0.2, 0.25) is 0 Å².